The summed E-state index contributed by atoms with van der Waals surface area (Å²) >= 11 is 3.45. The van der Waals surface area contributed by atoms with Crippen molar-refractivity contribution in [2.75, 3.05) is 24.2 Å². The van der Waals surface area contributed by atoms with Gasteiger partial charge < -0.3 is 15.0 Å². The largest absolute Gasteiger partial charge is 0.497 e. The Balaban J connectivity index is 2.17. The van der Waals surface area contributed by atoms with Crippen LogP contribution in [0.5, 0.6) is 5.75 Å². The van der Waals surface area contributed by atoms with Gasteiger partial charge in [-0.1, -0.05) is 35.0 Å². The first-order valence-corrected chi connectivity index (χ1v) is 14.6. The molecule has 0 fully saturated rings. The molecule has 2 aromatic rings. The van der Waals surface area contributed by atoms with Gasteiger partial charge in [-0.3, -0.25) is 13.9 Å². The molecule has 0 spiro atoms. The Kier molecular flexibility index (Phi) is 11.2. The third-order valence-corrected chi connectivity index (χ3v) is 7.61. The number of halogens is 1. The van der Waals surface area contributed by atoms with Crippen molar-refractivity contribution in [2.45, 2.75) is 58.7 Å². The van der Waals surface area contributed by atoms with E-state index in [0.717, 1.165) is 22.7 Å². The maximum absolute atomic E-state index is 13.3. The number of nitrogens with one attached hydrogen (secondary N) is 1. The third-order valence-electron chi connectivity index (χ3n) is 5.92. The number of anilines is 1. The lowest BCUT2D eigenvalue weighted by molar-refractivity contribution is -0.140. The quantitative estimate of drug-likeness (QED) is 0.379. The van der Waals surface area contributed by atoms with E-state index >= 15 is 0 Å². The molecule has 0 aliphatic rings. The number of carbonyl (C=O) groups is 2. The second-order valence-corrected chi connectivity index (χ2v) is 11.6. The van der Waals surface area contributed by atoms with Gasteiger partial charge in [0.25, 0.3) is 0 Å². The van der Waals surface area contributed by atoms with Crippen molar-refractivity contribution in [3.63, 3.8) is 0 Å². The summed E-state index contributed by atoms with van der Waals surface area (Å²) in [4.78, 5) is 27.7. The fourth-order valence-corrected chi connectivity index (χ4v) is 5.04. The van der Waals surface area contributed by atoms with E-state index in [1.165, 1.54) is 4.31 Å². The van der Waals surface area contributed by atoms with Crippen molar-refractivity contribution in [3.8, 4) is 5.75 Å². The first-order valence-electron chi connectivity index (χ1n) is 11.9. The molecule has 2 amide bonds. The van der Waals surface area contributed by atoms with Crippen LogP contribution in [0.2, 0.25) is 0 Å². The second kappa shape index (κ2) is 13.6. The van der Waals surface area contributed by atoms with E-state index < -0.39 is 16.1 Å². The summed E-state index contributed by atoms with van der Waals surface area (Å²) in [5.74, 6) is 0.184. The Morgan fingerprint density at radius 1 is 1.11 bits per heavy atom. The van der Waals surface area contributed by atoms with Crippen LogP contribution in [0.4, 0.5) is 5.69 Å². The van der Waals surface area contributed by atoms with Gasteiger partial charge in [0.05, 0.1) is 19.1 Å². The molecular formula is C26H36BrN3O5S. The first-order chi connectivity index (χ1) is 17.0. The number of carbonyl (C=O) groups excluding carboxylic acids is 2. The van der Waals surface area contributed by atoms with E-state index in [0.29, 0.717) is 17.9 Å². The Bertz CT molecular complexity index is 1120. The Labute approximate surface area is 223 Å². The zero-order valence-corrected chi connectivity index (χ0v) is 23.9. The number of methoxy groups -OCH3 is 1. The fraction of sp³-hybridized carbons (Fsp3) is 0.462. The van der Waals surface area contributed by atoms with Crippen LogP contribution >= 0.6 is 15.9 Å². The lowest BCUT2D eigenvalue weighted by Crippen LogP contribution is -2.49. The summed E-state index contributed by atoms with van der Waals surface area (Å²) in [5, 5.41) is 2.95. The van der Waals surface area contributed by atoms with Gasteiger partial charge in [-0.25, -0.2) is 8.42 Å². The van der Waals surface area contributed by atoms with Gasteiger partial charge in [-0.05, 0) is 68.7 Å². The van der Waals surface area contributed by atoms with Crippen LogP contribution < -0.4 is 14.4 Å². The lowest BCUT2D eigenvalue weighted by Gasteiger charge is -2.30. The Hall–Kier alpha value is -2.59. The van der Waals surface area contributed by atoms with Crippen LogP contribution in [0.25, 0.3) is 0 Å². The number of ether oxygens (including phenoxy) is 1. The fourth-order valence-electron chi connectivity index (χ4n) is 3.63. The average Bonchev–Trinajstić information content (AvgIpc) is 2.83. The van der Waals surface area contributed by atoms with Gasteiger partial charge in [0, 0.05) is 30.0 Å². The number of amides is 2. The van der Waals surface area contributed by atoms with E-state index in [2.05, 4.69) is 21.2 Å². The molecule has 0 bridgehead atoms. The highest BCUT2D eigenvalue weighted by atomic mass is 79.9. The molecule has 1 N–H and O–H groups in total. The standard InChI is InChI=1S/C26H36BrN3O5S/c1-6-19(2)28-26(32)20(3)29(18-21-9-7-10-22(27)17-21)25(31)11-8-16-30(36(5,33)34)23-12-14-24(35-4)15-13-23/h7,9-10,12-15,17,19-20H,6,8,11,16,18H2,1-5H3,(H,28,32)/t19-,20-/m1/s1. The lowest BCUT2D eigenvalue weighted by atomic mass is 10.1. The molecule has 198 valence electrons. The molecule has 0 aliphatic carbocycles. The molecule has 0 saturated carbocycles. The number of rotatable bonds is 13. The summed E-state index contributed by atoms with van der Waals surface area (Å²) in [5.41, 5.74) is 1.38. The number of sulfonamides is 1. The zero-order valence-electron chi connectivity index (χ0n) is 21.5. The minimum absolute atomic E-state index is 0.00409. The summed E-state index contributed by atoms with van der Waals surface area (Å²) in [7, 11) is -2.02. The van der Waals surface area contributed by atoms with Crippen LogP contribution in [0, 0.1) is 0 Å². The summed E-state index contributed by atoms with van der Waals surface area (Å²) in [6.45, 7) is 6.02. The molecule has 0 heterocycles. The highest BCUT2D eigenvalue weighted by molar-refractivity contribution is 9.10. The predicted octanol–water partition coefficient (Wildman–Crippen LogP) is 4.34. The zero-order chi connectivity index (χ0) is 26.9. The van der Waals surface area contributed by atoms with Crippen LogP contribution in [-0.4, -0.2) is 57.1 Å². The number of hydrogen-bond acceptors (Lipinski definition) is 5. The molecule has 0 unspecified atom stereocenters. The van der Waals surface area contributed by atoms with Gasteiger partial charge in [-0.15, -0.1) is 0 Å². The molecule has 0 radical (unpaired) electrons. The van der Waals surface area contributed by atoms with Gasteiger partial charge in [-0.2, -0.15) is 0 Å². The summed E-state index contributed by atoms with van der Waals surface area (Å²) in [6.07, 6.45) is 2.31. The molecular weight excluding hydrogens is 546 g/mol. The highest BCUT2D eigenvalue weighted by Crippen LogP contribution is 2.22. The van der Waals surface area contributed by atoms with Gasteiger partial charge in [0.1, 0.15) is 11.8 Å². The summed E-state index contributed by atoms with van der Waals surface area (Å²) in [6, 6.07) is 13.6. The SMILES string of the molecule is CC[C@@H](C)NC(=O)[C@@H](C)N(Cc1cccc(Br)c1)C(=O)CCCN(c1ccc(OC)cc1)S(C)(=O)=O. The van der Waals surface area contributed by atoms with Crippen molar-refractivity contribution in [1.29, 1.82) is 0 Å². The van der Waals surface area contributed by atoms with Crippen molar-refractivity contribution >= 4 is 43.5 Å². The molecule has 0 aliphatic heterocycles. The van der Waals surface area contributed by atoms with E-state index in [9.17, 15) is 18.0 Å². The topological polar surface area (TPSA) is 96.0 Å². The molecule has 36 heavy (non-hydrogen) atoms. The number of benzene rings is 2. The predicted molar refractivity (Wildman–Crippen MR) is 146 cm³/mol. The monoisotopic (exact) mass is 581 g/mol. The molecule has 2 rings (SSSR count). The van der Waals surface area contributed by atoms with Gasteiger partial charge >= 0.3 is 0 Å². The van der Waals surface area contributed by atoms with Gasteiger partial charge in [0.2, 0.25) is 21.8 Å². The molecule has 0 saturated heterocycles. The second-order valence-electron chi connectivity index (χ2n) is 8.78. The minimum atomic E-state index is -3.56. The van der Waals surface area contributed by atoms with Crippen LogP contribution in [0.1, 0.15) is 45.6 Å². The minimum Gasteiger partial charge on any atom is -0.497 e. The van der Waals surface area contributed by atoms with E-state index in [1.807, 2.05) is 38.1 Å². The van der Waals surface area contributed by atoms with E-state index in [4.69, 9.17) is 4.74 Å². The third kappa shape index (κ3) is 8.81. The molecule has 10 heteroatoms. The van der Waals surface area contributed by atoms with E-state index in [1.54, 1.807) is 43.2 Å². The van der Waals surface area contributed by atoms with Crippen molar-refractivity contribution in [1.82, 2.24) is 10.2 Å². The van der Waals surface area contributed by atoms with Crippen molar-refractivity contribution in [2.24, 2.45) is 0 Å². The maximum Gasteiger partial charge on any atom is 0.242 e. The van der Waals surface area contributed by atoms with Crippen LogP contribution in [0.3, 0.4) is 0 Å². The smallest absolute Gasteiger partial charge is 0.242 e. The van der Waals surface area contributed by atoms with Crippen molar-refractivity contribution in [3.05, 3.63) is 58.6 Å². The normalized spacial score (nSPS) is 12.9. The molecule has 2 aromatic carbocycles. The molecule has 2 atom stereocenters. The summed E-state index contributed by atoms with van der Waals surface area (Å²) < 4.78 is 32.2. The Morgan fingerprint density at radius 3 is 2.33 bits per heavy atom. The highest BCUT2D eigenvalue weighted by Gasteiger charge is 2.27. The van der Waals surface area contributed by atoms with Crippen molar-refractivity contribution < 1.29 is 22.7 Å². The number of nitrogens with zero attached hydrogens (tertiary/aromatic N) is 2. The molecule has 0 aromatic heterocycles. The first kappa shape index (κ1) is 29.6. The maximum atomic E-state index is 13.3. The van der Waals surface area contributed by atoms with Crippen LogP contribution in [-0.2, 0) is 26.2 Å². The number of hydrogen-bond donors (Lipinski definition) is 1. The van der Waals surface area contributed by atoms with Gasteiger partial charge in [0.15, 0.2) is 0 Å². The van der Waals surface area contributed by atoms with E-state index in [-0.39, 0.29) is 37.4 Å². The Morgan fingerprint density at radius 2 is 1.78 bits per heavy atom. The van der Waals surface area contributed by atoms with Crippen LogP contribution in [0.15, 0.2) is 53.0 Å². The molecule has 8 nitrogen and oxygen atoms in total. The average molecular weight is 583 g/mol.